The van der Waals surface area contributed by atoms with Gasteiger partial charge in [0.2, 0.25) is 0 Å². The third-order valence-electron chi connectivity index (χ3n) is 10.2. The van der Waals surface area contributed by atoms with Gasteiger partial charge in [-0.05, 0) is 69.4 Å². The van der Waals surface area contributed by atoms with Crippen LogP contribution < -0.4 is 0 Å². The van der Waals surface area contributed by atoms with Gasteiger partial charge in [0.1, 0.15) is 0 Å². The molecule has 0 radical (unpaired) electrons. The second kappa shape index (κ2) is 13.4. The second-order valence-electron chi connectivity index (χ2n) is 13.7. The van der Waals surface area contributed by atoms with Gasteiger partial charge in [0.05, 0.1) is 33.8 Å². The molecule has 0 saturated carbocycles. The van der Waals surface area contributed by atoms with E-state index in [1.54, 1.807) is 0 Å². The van der Waals surface area contributed by atoms with E-state index in [-0.39, 0.29) is 0 Å². The van der Waals surface area contributed by atoms with E-state index in [2.05, 4.69) is 188 Å². The van der Waals surface area contributed by atoms with Gasteiger partial charge in [0, 0.05) is 33.0 Å². The average Bonchev–Trinajstić information content (AvgIpc) is 3.26. The molecule has 0 N–H and O–H groups in total. The topological polar surface area (TPSA) is 38.7 Å². The van der Waals surface area contributed by atoms with Crippen LogP contribution in [0.3, 0.4) is 0 Å². The quantitative estimate of drug-likeness (QED) is 0.163. The normalized spacial score (nSPS) is 11.3. The van der Waals surface area contributed by atoms with Gasteiger partial charge in [-0.2, -0.15) is 0 Å². The Morgan fingerprint density at radius 3 is 1.30 bits per heavy atom. The van der Waals surface area contributed by atoms with E-state index in [4.69, 9.17) is 15.0 Å². The van der Waals surface area contributed by atoms with Crippen LogP contribution in [0.4, 0.5) is 0 Å². The van der Waals surface area contributed by atoms with E-state index in [1.165, 1.54) is 21.9 Å². The van der Waals surface area contributed by atoms with Gasteiger partial charge in [0.25, 0.3) is 0 Å². The van der Waals surface area contributed by atoms with Crippen molar-refractivity contribution in [1.82, 2.24) is 15.0 Å². The summed E-state index contributed by atoms with van der Waals surface area (Å²) < 4.78 is 0. The molecule has 10 aromatic rings. The lowest BCUT2D eigenvalue weighted by Crippen LogP contribution is -1.92. The number of fused-ring (bicyclic) bond motifs is 4. The van der Waals surface area contributed by atoms with E-state index >= 15 is 0 Å². The van der Waals surface area contributed by atoms with Crippen LogP contribution in [0, 0.1) is 0 Å². The molecule has 0 spiro atoms. The zero-order valence-corrected chi connectivity index (χ0v) is 29.4. The molecule has 3 heterocycles. The van der Waals surface area contributed by atoms with Gasteiger partial charge < -0.3 is 0 Å². The van der Waals surface area contributed by atoms with E-state index in [9.17, 15) is 0 Å². The van der Waals surface area contributed by atoms with Crippen molar-refractivity contribution >= 4 is 32.6 Å². The van der Waals surface area contributed by atoms with Gasteiger partial charge in [-0.15, -0.1) is 0 Å². The van der Waals surface area contributed by atoms with Crippen LogP contribution in [0.1, 0.15) is 0 Å². The largest absolute Gasteiger partial charge is 0.248 e. The van der Waals surface area contributed by atoms with Crippen molar-refractivity contribution in [3.05, 3.63) is 200 Å². The summed E-state index contributed by atoms with van der Waals surface area (Å²) in [5, 5.41) is 4.62. The molecule has 3 nitrogen and oxygen atoms in total. The van der Waals surface area contributed by atoms with E-state index in [1.807, 2.05) is 12.1 Å². The summed E-state index contributed by atoms with van der Waals surface area (Å²) >= 11 is 0. The van der Waals surface area contributed by atoms with Crippen LogP contribution >= 0.6 is 0 Å². The van der Waals surface area contributed by atoms with Crippen molar-refractivity contribution in [1.29, 1.82) is 0 Å². The third-order valence-corrected chi connectivity index (χ3v) is 10.2. The lowest BCUT2D eigenvalue weighted by Gasteiger charge is -2.12. The minimum Gasteiger partial charge on any atom is -0.248 e. The molecule has 3 heteroatoms. The molecule has 10 rings (SSSR count). The lowest BCUT2D eigenvalue weighted by atomic mass is 9.97. The van der Waals surface area contributed by atoms with Crippen LogP contribution in [0.15, 0.2) is 200 Å². The first-order chi connectivity index (χ1) is 26.7. The number of hydrogen-bond donors (Lipinski definition) is 0. The Morgan fingerprint density at radius 2 is 0.648 bits per heavy atom. The molecule has 0 saturated heterocycles. The number of benzene rings is 7. The predicted octanol–water partition coefficient (Wildman–Crippen LogP) is 13.3. The van der Waals surface area contributed by atoms with Crippen LogP contribution in [0.2, 0.25) is 0 Å². The predicted molar refractivity (Wildman–Crippen MR) is 225 cm³/mol. The molecule has 252 valence electrons. The molecule has 0 aliphatic rings. The van der Waals surface area contributed by atoms with Crippen molar-refractivity contribution < 1.29 is 0 Å². The highest BCUT2D eigenvalue weighted by Crippen LogP contribution is 2.34. The fourth-order valence-corrected chi connectivity index (χ4v) is 7.36. The Hall–Kier alpha value is -7.23. The third kappa shape index (κ3) is 5.98. The monoisotopic (exact) mass is 687 g/mol. The van der Waals surface area contributed by atoms with Gasteiger partial charge in [-0.3, -0.25) is 0 Å². The number of rotatable bonds is 6. The summed E-state index contributed by atoms with van der Waals surface area (Å²) in [5.41, 5.74) is 14.4. The summed E-state index contributed by atoms with van der Waals surface area (Å²) in [7, 11) is 0. The zero-order chi connectivity index (χ0) is 35.8. The zero-order valence-electron chi connectivity index (χ0n) is 29.4. The van der Waals surface area contributed by atoms with E-state index in [0.29, 0.717) is 0 Å². The second-order valence-corrected chi connectivity index (χ2v) is 13.7. The summed E-state index contributed by atoms with van der Waals surface area (Å²) in [6, 6.07) is 70.4. The van der Waals surface area contributed by atoms with E-state index < -0.39 is 0 Å². The van der Waals surface area contributed by atoms with Crippen LogP contribution in [-0.2, 0) is 0 Å². The Morgan fingerprint density at radius 1 is 0.204 bits per heavy atom. The average molecular weight is 688 g/mol. The highest BCUT2D eigenvalue weighted by atomic mass is 14.8. The minimum atomic E-state index is 0.895. The highest BCUT2D eigenvalue weighted by molar-refractivity contribution is 6.04. The highest BCUT2D eigenvalue weighted by Gasteiger charge is 2.13. The number of pyridine rings is 3. The lowest BCUT2D eigenvalue weighted by molar-refractivity contribution is 1.32. The summed E-state index contributed by atoms with van der Waals surface area (Å²) in [4.78, 5) is 15.6. The summed E-state index contributed by atoms with van der Waals surface area (Å²) in [6.45, 7) is 0. The molecule has 3 aromatic heterocycles. The van der Waals surface area contributed by atoms with Gasteiger partial charge in [-0.1, -0.05) is 164 Å². The van der Waals surface area contributed by atoms with Crippen molar-refractivity contribution in [2.45, 2.75) is 0 Å². The fourth-order valence-electron chi connectivity index (χ4n) is 7.36. The van der Waals surface area contributed by atoms with Gasteiger partial charge in [0.15, 0.2) is 0 Å². The van der Waals surface area contributed by atoms with Crippen LogP contribution in [-0.4, -0.2) is 15.0 Å². The minimum absolute atomic E-state index is 0.895. The Kier molecular flexibility index (Phi) is 7.81. The molecule has 0 aliphatic heterocycles. The van der Waals surface area contributed by atoms with Crippen molar-refractivity contribution in [3.63, 3.8) is 0 Å². The molecule has 0 bridgehead atoms. The number of aromatic nitrogens is 3. The van der Waals surface area contributed by atoms with E-state index in [0.717, 1.165) is 78.0 Å². The Labute approximate surface area is 313 Å². The van der Waals surface area contributed by atoms with Crippen LogP contribution in [0.25, 0.3) is 99.9 Å². The van der Waals surface area contributed by atoms with Crippen molar-refractivity contribution in [2.75, 3.05) is 0 Å². The first-order valence-corrected chi connectivity index (χ1v) is 18.3. The first-order valence-electron chi connectivity index (χ1n) is 18.3. The standard InChI is InChI=1S/C51H33N3/c1-3-11-36(12-4-1)48-32-45(33-49(52-48)37-13-5-2-6-14-37)42-16-9-17-44(31-42)47-29-27-40-24-23-39-26-28-46(53-50(39)51(40)54-47)38-21-18-35(19-22-38)43-25-20-34-10-7-8-15-41(34)30-43/h1-33H. The molecule has 0 unspecified atom stereocenters. The smallest absolute Gasteiger partial charge is 0.0972 e. The molecular formula is C51H33N3. The fraction of sp³-hybridized carbons (Fsp3) is 0. The molecular weight excluding hydrogens is 655 g/mol. The van der Waals surface area contributed by atoms with Crippen molar-refractivity contribution in [3.8, 4) is 67.3 Å². The number of nitrogens with zero attached hydrogens (tertiary/aromatic N) is 3. The molecule has 0 aliphatic carbocycles. The molecule has 7 aromatic carbocycles. The first kappa shape index (κ1) is 31.5. The van der Waals surface area contributed by atoms with Crippen LogP contribution in [0.5, 0.6) is 0 Å². The SMILES string of the molecule is c1ccc(-c2cc(-c3cccc(-c4ccc5ccc6ccc(-c7ccc(-c8ccc9ccccc9c8)cc7)nc6c5n4)c3)cc(-c3ccccc3)n2)cc1. The summed E-state index contributed by atoms with van der Waals surface area (Å²) in [6.07, 6.45) is 0. The molecule has 0 fully saturated rings. The summed E-state index contributed by atoms with van der Waals surface area (Å²) in [5.74, 6) is 0. The number of hydrogen-bond acceptors (Lipinski definition) is 3. The molecule has 0 atom stereocenters. The maximum atomic E-state index is 5.28. The maximum absolute atomic E-state index is 5.28. The van der Waals surface area contributed by atoms with Crippen molar-refractivity contribution in [2.24, 2.45) is 0 Å². The molecule has 0 amide bonds. The van der Waals surface area contributed by atoms with Gasteiger partial charge in [-0.25, -0.2) is 15.0 Å². The Bertz CT molecular complexity index is 2910. The Balaban J connectivity index is 1.02. The molecule has 54 heavy (non-hydrogen) atoms. The maximum Gasteiger partial charge on any atom is 0.0972 e. The van der Waals surface area contributed by atoms with Gasteiger partial charge >= 0.3 is 0 Å².